The molecule has 0 saturated heterocycles. The van der Waals surface area contributed by atoms with Gasteiger partial charge < -0.3 is 9.52 Å². The average Bonchev–Trinajstić information content (AvgIpc) is 2.67. The van der Waals surface area contributed by atoms with Gasteiger partial charge in [0.15, 0.2) is 0 Å². The summed E-state index contributed by atoms with van der Waals surface area (Å²) in [4.78, 5) is 20.4. The predicted molar refractivity (Wildman–Crippen MR) is 59.5 cm³/mol. The fourth-order valence-corrected chi connectivity index (χ4v) is 1.40. The average molecular weight is 233 g/mol. The summed E-state index contributed by atoms with van der Waals surface area (Å²) in [5.74, 6) is -0.751. The highest BCUT2D eigenvalue weighted by atomic mass is 16.6. The minimum atomic E-state index is -1.09. The van der Waals surface area contributed by atoms with Gasteiger partial charge in [-0.05, 0) is 18.2 Å². The highest BCUT2D eigenvalue weighted by Gasteiger charge is 2.09. The normalized spacial score (nSPS) is 11.1. The topological polar surface area (TPSA) is 93.6 Å². The van der Waals surface area contributed by atoms with Gasteiger partial charge >= 0.3 is 5.97 Å². The van der Waals surface area contributed by atoms with E-state index in [-0.39, 0.29) is 5.69 Å². The van der Waals surface area contributed by atoms with Crippen LogP contribution >= 0.6 is 0 Å². The Morgan fingerprint density at radius 2 is 2.18 bits per heavy atom. The first-order valence-electron chi connectivity index (χ1n) is 4.65. The van der Waals surface area contributed by atoms with E-state index in [1.165, 1.54) is 24.3 Å². The van der Waals surface area contributed by atoms with Crippen molar-refractivity contribution in [3.8, 4) is 0 Å². The number of non-ortho nitro benzene ring substituents is 1. The number of furan rings is 1. The number of rotatable bonds is 3. The van der Waals surface area contributed by atoms with E-state index in [2.05, 4.69) is 0 Å². The van der Waals surface area contributed by atoms with Crippen LogP contribution < -0.4 is 0 Å². The Kier molecular flexibility index (Phi) is 2.61. The van der Waals surface area contributed by atoms with Gasteiger partial charge in [0.1, 0.15) is 11.3 Å². The molecule has 6 nitrogen and oxygen atoms in total. The maximum absolute atomic E-state index is 10.5. The standard InChI is InChI=1S/C11H7NO5/c13-11(14)4-2-9-6-7-5-8(12(15)16)1-3-10(7)17-9/h1-6H,(H,13,14)/b4-2+. The van der Waals surface area contributed by atoms with Crippen LogP contribution in [0.1, 0.15) is 5.76 Å². The van der Waals surface area contributed by atoms with Crippen LogP contribution in [0, 0.1) is 10.1 Å². The van der Waals surface area contributed by atoms with Gasteiger partial charge in [0.25, 0.3) is 5.69 Å². The van der Waals surface area contributed by atoms with Crippen molar-refractivity contribution in [1.82, 2.24) is 0 Å². The molecule has 17 heavy (non-hydrogen) atoms. The maximum Gasteiger partial charge on any atom is 0.328 e. The van der Waals surface area contributed by atoms with Crippen LogP contribution in [-0.2, 0) is 4.79 Å². The van der Waals surface area contributed by atoms with Crippen molar-refractivity contribution in [3.05, 3.63) is 46.2 Å². The third kappa shape index (κ3) is 2.31. The molecule has 0 radical (unpaired) electrons. The second-order valence-corrected chi connectivity index (χ2v) is 3.30. The fourth-order valence-electron chi connectivity index (χ4n) is 1.40. The molecule has 1 heterocycles. The van der Waals surface area contributed by atoms with Crippen molar-refractivity contribution >= 4 is 28.7 Å². The number of carboxylic acids is 1. The molecule has 0 aliphatic rings. The smallest absolute Gasteiger partial charge is 0.328 e. The Morgan fingerprint density at radius 3 is 2.82 bits per heavy atom. The van der Waals surface area contributed by atoms with E-state index < -0.39 is 10.9 Å². The number of aliphatic carboxylic acids is 1. The van der Waals surface area contributed by atoms with E-state index >= 15 is 0 Å². The molecule has 2 aromatic rings. The summed E-state index contributed by atoms with van der Waals surface area (Å²) in [5.41, 5.74) is 0.438. The lowest BCUT2D eigenvalue weighted by Gasteiger charge is -1.89. The van der Waals surface area contributed by atoms with Crippen molar-refractivity contribution in [2.24, 2.45) is 0 Å². The fraction of sp³-hybridized carbons (Fsp3) is 0. The lowest BCUT2D eigenvalue weighted by atomic mass is 10.2. The van der Waals surface area contributed by atoms with Gasteiger partial charge in [0.05, 0.1) is 4.92 Å². The van der Waals surface area contributed by atoms with Crippen LogP contribution in [0.4, 0.5) is 5.69 Å². The molecule has 86 valence electrons. The molecule has 1 N–H and O–H groups in total. The molecular weight excluding hydrogens is 226 g/mol. The summed E-state index contributed by atoms with van der Waals surface area (Å²) in [6.07, 6.45) is 2.22. The quantitative estimate of drug-likeness (QED) is 0.499. The zero-order valence-corrected chi connectivity index (χ0v) is 8.49. The molecule has 0 aliphatic carbocycles. The minimum absolute atomic E-state index is 0.0351. The van der Waals surface area contributed by atoms with Crippen LogP contribution in [0.3, 0.4) is 0 Å². The zero-order chi connectivity index (χ0) is 12.4. The summed E-state index contributed by atoms with van der Waals surface area (Å²) in [7, 11) is 0. The Morgan fingerprint density at radius 1 is 1.41 bits per heavy atom. The number of nitro benzene ring substituents is 1. The molecule has 1 aromatic carbocycles. The largest absolute Gasteiger partial charge is 0.478 e. The van der Waals surface area contributed by atoms with Crippen molar-refractivity contribution < 1.29 is 19.2 Å². The van der Waals surface area contributed by atoms with Gasteiger partial charge in [0, 0.05) is 23.6 Å². The van der Waals surface area contributed by atoms with Gasteiger partial charge in [-0.1, -0.05) is 0 Å². The number of nitrogens with zero attached hydrogens (tertiary/aromatic N) is 1. The van der Waals surface area contributed by atoms with Crippen LogP contribution in [-0.4, -0.2) is 16.0 Å². The van der Waals surface area contributed by atoms with Crippen LogP contribution in [0.2, 0.25) is 0 Å². The van der Waals surface area contributed by atoms with Crippen molar-refractivity contribution in [2.45, 2.75) is 0 Å². The molecule has 0 unspecified atom stereocenters. The van der Waals surface area contributed by atoms with E-state index in [9.17, 15) is 14.9 Å². The van der Waals surface area contributed by atoms with Gasteiger partial charge in [-0.15, -0.1) is 0 Å². The summed E-state index contributed by atoms with van der Waals surface area (Å²) in [6, 6.07) is 5.72. The van der Waals surface area contributed by atoms with E-state index in [0.717, 1.165) is 6.08 Å². The molecule has 0 spiro atoms. The predicted octanol–water partition coefficient (Wildman–Crippen LogP) is 2.44. The van der Waals surface area contributed by atoms with E-state index in [1.54, 1.807) is 6.07 Å². The number of benzene rings is 1. The Labute approximate surface area is 94.9 Å². The second kappa shape index (κ2) is 4.09. The van der Waals surface area contributed by atoms with Crippen molar-refractivity contribution in [2.75, 3.05) is 0 Å². The number of carboxylic acid groups (broad SMARTS) is 1. The Hall–Kier alpha value is -2.63. The first-order valence-corrected chi connectivity index (χ1v) is 4.65. The lowest BCUT2D eigenvalue weighted by molar-refractivity contribution is -0.384. The molecule has 0 atom stereocenters. The van der Waals surface area contributed by atoms with E-state index in [0.29, 0.717) is 16.7 Å². The molecule has 0 saturated carbocycles. The molecule has 1 aromatic heterocycles. The minimum Gasteiger partial charge on any atom is -0.478 e. The summed E-state index contributed by atoms with van der Waals surface area (Å²) < 4.78 is 5.28. The molecule has 0 aliphatic heterocycles. The van der Waals surface area contributed by atoms with Crippen LogP contribution in [0.5, 0.6) is 0 Å². The van der Waals surface area contributed by atoms with Crippen LogP contribution in [0.15, 0.2) is 34.8 Å². The third-order valence-electron chi connectivity index (χ3n) is 2.12. The molecular formula is C11H7NO5. The monoisotopic (exact) mass is 233 g/mol. The number of carbonyl (C=O) groups is 1. The van der Waals surface area contributed by atoms with Crippen LogP contribution in [0.25, 0.3) is 17.0 Å². The van der Waals surface area contributed by atoms with Gasteiger partial charge in [-0.2, -0.15) is 0 Å². The number of hydrogen-bond donors (Lipinski definition) is 1. The Balaban J connectivity index is 2.43. The zero-order valence-electron chi connectivity index (χ0n) is 8.49. The summed E-state index contributed by atoms with van der Waals surface area (Å²) in [6.45, 7) is 0. The number of fused-ring (bicyclic) bond motifs is 1. The summed E-state index contributed by atoms with van der Waals surface area (Å²) in [5, 5.41) is 19.6. The molecule has 2 rings (SSSR count). The lowest BCUT2D eigenvalue weighted by Crippen LogP contribution is -1.85. The van der Waals surface area contributed by atoms with Gasteiger partial charge in [-0.3, -0.25) is 10.1 Å². The molecule has 0 amide bonds. The third-order valence-corrected chi connectivity index (χ3v) is 2.12. The summed E-state index contributed by atoms with van der Waals surface area (Å²) >= 11 is 0. The van der Waals surface area contributed by atoms with E-state index in [1.807, 2.05) is 0 Å². The van der Waals surface area contributed by atoms with Crippen molar-refractivity contribution in [3.63, 3.8) is 0 Å². The van der Waals surface area contributed by atoms with Crippen molar-refractivity contribution in [1.29, 1.82) is 0 Å². The second-order valence-electron chi connectivity index (χ2n) is 3.30. The van der Waals surface area contributed by atoms with Gasteiger partial charge in [-0.25, -0.2) is 4.79 Å². The maximum atomic E-state index is 10.5. The first-order chi connectivity index (χ1) is 8.06. The molecule has 0 bridgehead atoms. The highest BCUT2D eigenvalue weighted by molar-refractivity contribution is 5.87. The van der Waals surface area contributed by atoms with E-state index in [4.69, 9.17) is 9.52 Å². The SMILES string of the molecule is O=C(O)/C=C/c1cc2cc([N+](=O)[O-])ccc2o1. The molecule has 6 heteroatoms. The number of nitro groups is 1. The first kappa shape index (κ1) is 10.9. The molecule has 0 fully saturated rings. The Bertz CT molecular complexity index is 626. The highest BCUT2D eigenvalue weighted by Crippen LogP contribution is 2.24. The van der Waals surface area contributed by atoms with Gasteiger partial charge in [0.2, 0.25) is 0 Å². The number of hydrogen-bond acceptors (Lipinski definition) is 4.